The third kappa shape index (κ3) is 1.48. The highest BCUT2D eigenvalue weighted by molar-refractivity contribution is 5.96. The van der Waals surface area contributed by atoms with E-state index in [0.717, 1.165) is 18.3 Å². The van der Waals surface area contributed by atoms with Crippen LogP contribution in [-0.2, 0) is 9.59 Å². The van der Waals surface area contributed by atoms with Crippen molar-refractivity contribution in [2.75, 3.05) is 0 Å². The first-order valence-corrected chi connectivity index (χ1v) is 4.86. The monoisotopic (exact) mass is 188 g/mol. The van der Waals surface area contributed by atoms with Gasteiger partial charge in [0.05, 0.1) is 5.92 Å². The van der Waals surface area contributed by atoms with E-state index < -0.39 is 5.92 Å². The zero-order valence-corrected chi connectivity index (χ0v) is 7.85. The van der Waals surface area contributed by atoms with E-state index in [1.54, 1.807) is 0 Å². The van der Waals surface area contributed by atoms with E-state index in [4.69, 9.17) is 0 Å². The molecule has 1 aromatic rings. The average Bonchev–Trinajstić information content (AvgIpc) is 2.61. The molecule has 1 fully saturated rings. The molecule has 1 saturated carbocycles. The highest BCUT2D eigenvalue weighted by Gasteiger charge is 2.34. The molecule has 2 rings (SSSR count). The van der Waals surface area contributed by atoms with Gasteiger partial charge in [0, 0.05) is 12.3 Å². The molecule has 0 aliphatic heterocycles. The quantitative estimate of drug-likeness (QED) is 0.525. The number of benzene rings is 1. The molecule has 0 aromatic heterocycles. The van der Waals surface area contributed by atoms with Gasteiger partial charge in [0.25, 0.3) is 0 Å². The molecule has 1 aliphatic rings. The second kappa shape index (κ2) is 3.74. The second-order valence-electron chi connectivity index (χ2n) is 3.68. The van der Waals surface area contributed by atoms with Crippen molar-refractivity contribution in [2.24, 2.45) is 5.92 Å². The minimum absolute atomic E-state index is 0.0915. The van der Waals surface area contributed by atoms with Crippen LogP contribution in [0.3, 0.4) is 0 Å². The SMILES string of the molecule is O=CC1C(=O)CCC1c1ccccc1. The minimum Gasteiger partial charge on any atom is -0.303 e. The molecule has 72 valence electrons. The van der Waals surface area contributed by atoms with Crippen LogP contribution in [-0.4, -0.2) is 12.1 Å². The first-order valence-electron chi connectivity index (χ1n) is 4.86. The summed E-state index contributed by atoms with van der Waals surface area (Å²) < 4.78 is 0. The number of carbonyl (C=O) groups excluding carboxylic acids is 2. The van der Waals surface area contributed by atoms with Gasteiger partial charge in [-0.15, -0.1) is 0 Å². The maximum absolute atomic E-state index is 11.4. The molecule has 0 spiro atoms. The molecular formula is C12H12O2. The first kappa shape index (κ1) is 9.13. The summed E-state index contributed by atoms with van der Waals surface area (Å²) in [5.74, 6) is -0.201. The summed E-state index contributed by atoms with van der Waals surface area (Å²) in [5, 5.41) is 0. The Kier molecular flexibility index (Phi) is 2.44. The Hall–Kier alpha value is -1.44. The molecule has 2 atom stereocenters. The van der Waals surface area contributed by atoms with Crippen molar-refractivity contribution < 1.29 is 9.59 Å². The Morgan fingerprint density at radius 2 is 1.93 bits per heavy atom. The number of hydrogen-bond donors (Lipinski definition) is 0. The molecule has 1 aliphatic carbocycles. The van der Waals surface area contributed by atoms with Crippen molar-refractivity contribution in [3.63, 3.8) is 0 Å². The molecule has 0 N–H and O–H groups in total. The fraction of sp³-hybridized carbons (Fsp3) is 0.333. The normalized spacial score (nSPS) is 26.4. The molecule has 1 aromatic carbocycles. The molecule has 0 bridgehead atoms. The minimum atomic E-state index is -0.405. The van der Waals surface area contributed by atoms with Gasteiger partial charge in [-0.3, -0.25) is 4.79 Å². The highest BCUT2D eigenvalue weighted by atomic mass is 16.1. The zero-order chi connectivity index (χ0) is 9.97. The summed E-state index contributed by atoms with van der Waals surface area (Å²) in [6.07, 6.45) is 2.15. The van der Waals surface area contributed by atoms with E-state index in [9.17, 15) is 9.59 Å². The zero-order valence-electron chi connectivity index (χ0n) is 7.85. The van der Waals surface area contributed by atoms with Crippen molar-refractivity contribution in [3.05, 3.63) is 35.9 Å². The van der Waals surface area contributed by atoms with E-state index in [0.29, 0.717) is 6.42 Å². The fourth-order valence-electron chi connectivity index (χ4n) is 2.11. The number of hydrogen-bond acceptors (Lipinski definition) is 2. The summed E-state index contributed by atoms with van der Waals surface area (Å²) in [5.41, 5.74) is 1.11. The number of aldehydes is 1. The van der Waals surface area contributed by atoms with Crippen LogP contribution in [0.25, 0.3) is 0 Å². The van der Waals surface area contributed by atoms with Gasteiger partial charge in [-0.1, -0.05) is 30.3 Å². The Morgan fingerprint density at radius 1 is 1.21 bits per heavy atom. The van der Waals surface area contributed by atoms with E-state index in [-0.39, 0.29) is 11.7 Å². The molecular weight excluding hydrogens is 176 g/mol. The summed E-state index contributed by atoms with van der Waals surface area (Å²) in [7, 11) is 0. The maximum atomic E-state index is 11.4. The number of Topliss-reactive ketones (excluding diaryl/α,β-unsaturated/α-hetero) is 1. The van der Waals surface area contributed by atoms with Crippen molar-refractivity contribution in [1.29, 1.82) is 0 Å². The van der Waals surface area contributed by atoms with Crippen LogP contribution in [0, 0.1) is 5.92 Å². The summed E-state index contributed by atoms with van der Waals surface area (Å²) in [4.78, 5) is 22.1. The van der Waals surface area contributed by atoms with E-state index in [1.165, 1.54) is 0 Å². The lowest BCUT2D eigenvalue weighted by atomic mass is 9.90. The average molecular weight is 188 g/mol. The molecule has 2 unspecified atom stereocenters. The van der Waals surface area contributed by atoms with Gasteiger partial charge in [0.15, 0.2) is 0 Å². The summed E-state index contributed by atoms with van der Waals surface area (Å²) in [6, 6.07) is 9.80. The number of rotatable bonds is 2. The standard InChI is InChI=1S/C12H12O2/c13-8-11-10(6-7-12(11)14)9-4-2-1-3-5-9/h1-5,8,10-11H,6-7H2. The predicted octanol–water partition coefficient (Wildman–Crippen LogP) is 1.95. The summed E-state index contributed by atoms with van der Waals surface area (Å²) >= 11 is 0. The van der Waals surface area contributed by atoms with E-state index in [1.807, 2.05) is 30.3 Å². The van der Waals surface area contributed by atoms with Crippen LogP contribution in [0.15, 0.2) is 30.3 Å². The van der Waals surface area contributed by atoms with Crippen LogP contribution in [0.2, 0.25) is 0 Å². The lowest BCUT2D eigenvalue weighted by Crippen LogP contribution is -2.14. The topological polar surface area (TPSA) is 34.1 Å². The van der Waals surface area contributed by atoms with Gasteiger partial charge in [-0.05, 0) is 12.0 Å². The Bertz CT molecular complexity index is 343. The molecule has 0 amide bonds. The lowest BCUT2D eigenvalue weighted by Gasteiger charge is -2.12. The maximum Gasteiger partial charge on any atom is 0.143 e. The molecule has 2 nitrogen and oxygen atoms in total. The van der Waals surface area contributed by atoms with E-state index >= 15 is 0 Å². The highest BCUT2D eigenvalue weighted by Crippen LogP contribution is 2.35. The lowest BCUT2D eigenvalue weighted by molar-refractivity contribution is -0.125. The van der Waals surface area contributed by atoms with Crippen LogP contribution < -0.4 is 0 Å². The van der Waals surface area contributed by atoms with Crippen LogP contribution in [0.1, 0.15) is 24.3 Å². The van der Waals surface area contributed by atoms with Gasteiger partial charge in [-0.25, -0.2) is 0 Å². The van der Waals surface area contributed by atoms with Crippen molar-refractivity contribution in [1.82, 2.24) is 0 Å². The van der Waals surface area contributed by atoms with Gasteiger partial charge in [0.2, 0.25) is 0 Å². The van der Waals surface area contributed by atoms with Crippen LogP contribution in [0.4, 0.5) is 0 Å². The van der Waals surface area contributed by atoms with Gasteiger partial charge in [-0.2, -0.15) is 0 Å². The van der Waals surface area contributed by atoms with Gasteiger partial charge in [0.1, 0.15) is 12.1 Å². The third-order valence-corrected chi connectivity index (χ3v) is 2.88. The number of carbonyl (C=O) groups is 2. The van der Waals surface area contributed by atoms with Gasteiger partial charge >= 0.3 is 0 Å². The van der Waals surface area contributed by atoms with Crippen LogP contribution >= 0.6 is 0 Å². The van der Waals surface area contributed by atoms with Crippen molar-refractivity contribution >= 4 is 12.1 Å². The molecule has 0 heterocycles. The predicted molar refractivity (Wildman–Crippen MR) is 53.0 cm³/mol. The Balaban J connectivity index is 2.27. The first-order chi connectivity index (χ1) is 6.83. The Labute approximate surface area is 82.9 Å². The molecule has 2 heteroatoms. The van der Waals surface area contributed by atoms with E-state index in [2.05, 4.69) is 0 Å². The molecule has 14 heavy (non-hydrogen) atoms. The second-order valence-corrected chi connectivity index (χ2v) is 3.68. The summed E-state index contributed by atoms with van der Waals surface area (Å²) in [6.45, 7) is 0. The van der Waals surface area contributed by atoms with Crippen molar-refractivity contribution in [2.45, 2.75) is 18.8 Å². The number of ketones is 1. The van der Waals surface area contributed by atoms with Gasteiger partial charge < -0.3 is 4.79 Å². The van der Waals surface area contributed by atoms with Crippen molar-refractivity contribution in [3.8, 4) is 0 Å². The molecule has 0 radical (unpaired) electrons. The fourth-order valence-corrected chi connectivity index (χ4v) is 2.11. The molecule has 0 saturated heterocycles. The smallest absolute Gasteiger partial charge is 0.143 e. The third-order valence-electron chi connectivity index (χ3n) is 2.88. The Morgan fingerprint density at radius 3 is 2.57 bits per heavy atom. The van der Waals surface area contributed by atoms with Crippen LogP contribution in [0.5, 0.6) is 0 Å². The largest absolute Gasteiger partial charge is 0.303 e.